The lowest BCUT2D eigenvalue weighted by molar-refractivity contribution is -0.117. The van der Waals surface area contributed by atoms with Crippen molar-refractivity contribution in [3.05, 3.63) is 70.5 Å². The van der Waals surface area contributed by atoms with Gasteiger partial charge in [0.2, 0.25) is 5.91 Å². The van der Waals surface area contributed by atoms with E-state index >= 15 is 0 Å². The normalized spacial score (nSPS) is 15.7. The third-order valence-corrected chi connectivity index (χ3v) is 6.81. The molecule has 1 aliphatic heterocycles. The molecule has 33 heavy (non-hydrogen) atoms. The first-order valence-electron chi connectivity index (χ1n) is 11.7. The molecule has 1 amide bonds. The summed E-state index contributed by atoms with van der Waals surface area (Å²) in [6.07, 6.45) is 3.63. The molecule has 1 saturated heterocycles. The number of piperidine rings is 1. The summed E-state index contributed by atoms with van der Waals surface area (Å²) < 4.78 is 11.7. The summed E-state index contributed by atoms with van der Waals surface area (Å²) in [5.74, 6) is 1.62. The van der Waals surface area contributed by atoms with E-state index < -0.39 is 0 Å². The monoisotopic (exact) mass is 446 g/mol. The van der Waals surface area contributed by atoms with Gasteiger partial charge in [-0.05, 0) is 63.3 Å². The number of hydrogen-bond acceptors (Lipinski definition) is 4. The van der Waals surface area contributed by atoms with E-state index in [2.05, 4.69) is 47.5 Å². The van der Waals surface area contributed by atoms with Crippen molar-refractivity contribution in [2.45, 2.75) is 53.1 Å². The van der Waals surface area contributed by atoms with Gasteiger partial charge in [-0.1, -0.05) is 30.3 Å². The van der Waals surface area contributed by atoms with Crippen LogP contribution in [0.25, 0.3) is 16.5 Å². The lowest BCUT2D eigenvalue weighted by atomic mass is 9.98. The largest absolute Gasteiger partial charge is 0.496 e. The van der Waals surface area contributed by atoms with Gasteiger partial charge >= 0.3 is 0 Å². The maximum Gasteiger partial charge on any atom is 0.244 e. The number of furan rings is 1. The number of aryl methyl sites for hydroxylation is 3. The maximum absolute atomic E-state index is 12.8. The van der Waals surface area contributed by atoms with E-state index in [0.29, 0.717) is 0 Å². The molecule has 3 aromatic rings. The minimum atomic E-state index is -0.0473. The summed E-state index contributed by atoms with van der Waals surface area (Å²) >= 11 is 0. The van der Waals surface area contributed by atoms with Gasteiger partial charge in [-0.15, -0.1) is 0 Å². The quantitative estimate of drug-likeness (QED) is 0.504. The van der Waals surface area contributed by atoms with Crippen molar-refractivity contribution in [1.29, 1.82) is 0 Å². The molecule has 1 aromatic heterocycles. The van der Waals surface area contributed by atoms with Crippen LogP contribution in [0, 0.1) is 20.8 Å². The number of allylic oxidation sites excluding steroid dienone is 1. The highest BCUT2D eigenvalue weighted by Gasteiger charge is 2.21. The number of carbonyl (C=O) groups excluding carboxylic acids is 1. The second-order valence-corrected chi connectivity index (χ2v) is 9.11. The summed E-state index contributed by atoms with van der Waals surface area (Å²) in [7, 11) is 1.66. The van der Waals surface area contributed by atoms with Gasteiger partial charge in [-0.25, -0.2) is 0 Å². The molecule has 1 fully saturated rings. The van der Waals surface area contributed by atoms with E-state index in [0.717, 1.165) is 77.2 Å². The van der Waals surface area contributed by atoms with Crippen LogP contribution in [0.5, 0.6) is 5.75 Å². The molecule has 0 radical (unpaired) electrons. The van der Waals surface area contributed by atoms with Gasteiger partial charge in [0.1, 0.15) is 17.1 Å². The molecule has 1 N–H and O–H groups in total. The number of likely N-dealkylation sites (tertiary alicyclic amines) is 1. The van der Waals surface area contributed by atoms with Gasteiger partial charge in [-0.3, -0.25) is 9.69 Å². The van der Waals surface area contributed by atoms with Crippen molar-refractivity contribution in [3.8, 4) is 5.75 Å². The summed E-state index contributed by atoms with van der Waals surface area (Å²) in [6.45, 7) is 11.0. The van der Waals surface area contributed by atoms with Crippen LogP contribution in [0.1, 0.15) is 47.8 Å². The minimum Gasteiger partial charge on any atom is -0.496 e. The highest BCUT2D eigenvalue weighted by Crippen LogP contribution is 2.38. The topological polar surface area (TPSA) is 54.7 Å². The lowest BCUT2D eigenvalue weighted by Gasteiger charge is -2.32. The zero-order valence-electron chi connectivity index (χ0n) is 20.3. The fraction of sp³-hybridized carbons (Fsp3) is 0.393. The Morgan fingerprint density at radius 2 is 1.85 bits per heavy atom. The third kappa shape index (κ3) is 4.98. The Kier molecular flexibility index (Phi) is 6.89. The van der Waals surface area contributed by atoms with Crippen molar-refractivity contribution in [2.75, 3.05) is 20.2 Å². The van der Waals surface area contributed by atoms with Gasteiger partial charge < -0.3 is 14.5 Å². The third-order valence-electron chi connectivity index (χ3n) is 6.81. The van der Waals surface area contributed by atoms with Crippen molar-refractivity contribution < 1.29 is 13.9 Å². The smallest absolute Gasteiger partial charge is 0.244 e. The Hall–Kier alpha value is -3.05. The van der Waals surface area contributed by atoms with Crippen LogP contribution in [0.15, 0.2) is 46.9 Å². The van der Waals surface area contributed by atoms with E-state index in [1.807, 2.05) is 26.8 Å². The number of carbonyl (C=O) groups is 1. The fourth-order valence-corrected chi connectivity index (χ4v) is 4.76. The van der Waals surface area contributed by atoms with E-state index in [1.54, 1.807) is 13.2 Å². The summed E-state index contributed by atoms with van der Waals surface area (Å²) in [4.78, 5) is 15.3. The van der Waals surface area contributed by atoms with Crippen LogP contribution >= 0.6 is 0 Å². The van der Waals surface area contributed by atoms with Crippen LogP contribution in [-0.4, -0.2) is 37.0 Å². The van der Waals surface area contributed by atoms with Crippen molar-refractivity contribution in [3.63, 3.8) is 0 Å². The first-order chi connectivity index (χ1) is 15.9. The SMILES string of the molecule is COc1c(/C(C)=C/C(=O)NC2CCN(Cc3ccccc3)CC2)cc2c(C)c(C)oc2c1C. The molecule has 5 nitrogen and oxygen atoms in total. The number of amides is 1. The van der Waals surface area contributed by atoms with E-state index in [1.165, 1.54) is 5.56 Å². The molecule has 2 heterocycles. The number of nitrogens with zero attached hydrogens (tertiary/aromatic N) is 1. The van der Waals surface area contributed by atoms with Gasteiger partial charge in [0, 0.05) is 48.3 Å². The molecule has 0 bridgehead atoms. The predicted octanol–water partition coefficient (Wildman–Crippen LogP) is 5.55. The zero-order chi connectivity index (χ0) is 23.5. The molecule has 0 unspecified atom stereocenters. The average molecular weight is 447 g/mol. The van der Waals surface area contributed by atoms with Crippen molar-refractivity contribution in [1.82, 2.24) is 10.2 Å². The van der Waals surface area contributed by atoms with Crippen LogP contribution in [0.2, 0.25) is 0 Å². The summed E-state index contributed by atoms with van der Waals surface area (Å²) in [6, 6.07) is 12.8. The Balaban J connectivity index is 1.43. The predicted molar refractivity (Wildman–Crippen MR) is 134 cm³/mol. The van der Waals surface area contributed by atoms with Gasteiger partial charge in [-0.2, -0.15) is 0 Å². The van der Waals surface area contributed by atoms with Crippen LogP contribution in [-0.2, 0) is 11.3 Å². The number of methoxy groups -OCH3 is 1. The average Bonchev–Trinajstić information content (AvgIpc) is 3.10. The van der Waals surface area contributed by atoms with Crippen LogP contribution < -0.4 is 10.1 Å². The molecule has 1 aliphatic rings. The number of ether oxygens (including phenoxy) is 1. The Morgan fingerprint density at radius 1 is 1.15 bits per heavy atom. The highest BCUT2D eigenvalue weighted by molar-refractivity contribution is 5.98. The number of rotatable bonds is 6. The van der Waals surface area contributed by atoms with E-state index in [9.17, 15) is 4.79 Å². The molecule has 174 valence electrons. The summed E-state index contributed by atoms with van der Waals surface area (Å²) in [5.41, 5.74) is 6.08. The van der Waals surface area contributed by atoms with E-state index in [-0.39, 0.29) is 11.9 Å². The molecule has 2 aromatic carbocycles. The minimum absolute atomic E-state index is 0.0473. The molecule has 0 saturated carbocycles. The van der Waals surface area contributed by atoms with E-state index in [4.69, 9.17) is 9.15 Å². The summed E-state index contributed by atoms with van der Waals surface area (Å²) in [5, 5.41) is 4.28. The van der Waals surface area contributed by atoms with Crippen molar-refractivity contribution >= 4 is 22.4 Å². The van der Waals surface area contributed by atoms with Crippen molar-refractivity contribution in [2.24, 2.45) is 0 Å². The number of fused-ring (bicyclic) bond motifs is 1. The molecular formula is C28H34N2O3. The number of benzene rings is 2. The molecule has 0 aliphatic carbocycles. The molecule has 0 atom stereocenters. The Labute approximate surface area is 196 Å². The standard InChI is InChI=1S/C28H34N2O3/c1-18(24-16-25-19(2)21(4)33-28(25)20(3)27(24)32-5)15-26(31)29-23-11-13-30(14-12-23)17-22-9-7-6-8-10-22/h6-10,15-16,23H,11-14,17H2,1-5H3,(H,29,31)/b18-15+. The highest BCUT2D eigenvalue weighted by atomic mass is 16.5. The fourth-order valence-electron chi connectivity index (χ4n) is 4.76. The Morgan fingerprint density at radius 3 is 2.52 bits per heavy atom. The van der Waals surface area contributed by atoms with Gasteiger partial charge in [0.25, 0.3) is 0 Å². The second-order valence-electron chi connectivity index (χ2n) is 9.11. The second kappa shape index (κ2) is 9.84. The molecular weight excluding hydrogens is 412 g/mol. The van der Waals surface area contributed by atoms with Gasteiger partial charge in [0.15, 0.2) is 0 Å². The zero-order valence-corrected chi connectivity index (χ0v) is 20.3. The van der Waals surface area contributed by atoms with Crippen LogP contribution in [0.3, 0.4) is 0 Å². The maximum atomic E-state index is 12.8. The number of hydrogen-bond donors (Lipinski definition) is 1. The molecule has 0 spiro atoms. The first kappa shape index (κ1) is 23.1. The Bertz CT molecular complexity index is 1170. The first-order valence-corrected chi connectivity index (χ1v) is 11.7. The molecule has 5 heteroatoms. The lowest BCUT2D eigenvalue weighted by Crippen LogP contribution is -2.43. The van der Waals surface area contributed by atoms with Crippen LogP contribution in [0.4, 0.5) is 0 Å². The molecule has 4 rings (SSSR count). The number of nitrogens with one attached hydrogen (secondary N) is 1. The van der Waals surface area contributed by atoms with Gasteiger partial charge in [0.05, 0.1) is 7.11 Å².